The SMILES string of the molecule is COc1nc(C)nc(NC(=O)NS(=O)(=O)c2ccccc2C(=O)O)n1.Nc1cc(Cl)nc(C(=O)O)c1Cl. The van der Waals surface area contributed by atoms with Crippen LogP contribution in [-0.2, 0) is 10.0 Å². The molecule has 3 rings (SSSR count). The molecule has 2 amide bonds. The first-order chi connectivity index (χ1) is 17.2. The van der Waals surface area contributed by atoms with Crippen molar-refractivity contribution in [3.63, 3.8) is 0 Å². The van der Waals surface area contributed by atoms with Crippen LogP contribution in [0, 0.1) is 6.92 Å². The van der Waals surface area contributed by atoms with E-state index in [0.29, 0.717) is 0 Å². The number of aryl methyl sites for hydroxylation is 1. The topological polar surface area (TPSA) is 237 Å². The fraction of sp³-hybridized carbons (Fsp3) is 0.105. The molecule has 0 atom stereocenters. The van der Waals surface area contributed by atoms with E-state index in [2.05, 4.69) is 25.3 Å². The van der Waals surface area contributed by atoms with Gasteiger partial charge in [-0.15, -0.1) is 0 Å². The van der Waals surface area contributed by atoms with Crippen molar-refractivity contribution in [3.8, 4) is 6.01 Å². The van der Waals surface area contributed by atoms with Gasteiger partial charge in [0, 0.05) is 0 Å². The summed E-state index contributed by atoms with van der Waals surface area (Å²) in [5, 5.41) is 19.6. The number of nitrogens with one attached hydrogen (secondary N) is 2. The van der Waals surface area contributed by atoms with Crippen molar-refractivity contribution < 1.29 is 37.8 Å². The second kappa shape index (κ2) is 12.1. The molecule has 0 aliphatic carbocycles. The third-order valence-corrected chi connectivity index (χ3v) is 5.91. The molecule has 0 saturated heterocycles. The van der Waals surface area contributed by atoms with Crippen LogP contribution in [0.15, 0.2) is 35.2 Å². The number of carboxylic acid groups (broad SMARTS) is 2. The predicted octanol–water partition coefficient (Wildman–Crippen LogP) is 2.07. The summed E-state index contributed by atoms with van der Waals surface area (Å²) < 4.78 is 31.0. The van der Waals surface area contributed by atoms with Gasteiger partial charge >= 0.3 is 24.0 Å². The number of anilines is 2. The summed E-state index contributed by atoms with van der Waals surface area (Å²) in [5.41, 5.74) is 4.64. The molecule has 37 heavy (non-hydrogen) atoms. The smallest absolute Gasteiger partial charge is 0.356 e. The number of ether oxygens (including phenoxy) is 1. The van der Waals surface area contributed by atoms with Gasteiger partial charge in [0.2, 0.25) is 5.95 Å². The highest BCUT2D eigenvalue weighted by Gasteiger charge is 2.24. The van der Waals surface area contributed by atoms with Gasteiger partial charge in [-0.05, 0) is 25.1 Å². The van der Waals surface area contributed by atoms with Crippen LogP contribution in [0.5, 0.6) is 6.01 Å². The highest BCUT2D eigenvalue weighted by molar-refractivity contribution is 7.90. The predicted molar refractivity (Wildman–Crippen MR) is 129 cm³/mol. The molecule has 0 aliphatic rings. The number of halogens is 2. The summed E-state index contributed by atoms with van der Waals surface area (Å²) in [7, 11) is -3.11. The van der Waals surface area contributed by atoms with Crippen molar-refractivity contribution in [2.45, 2.75) is 11.8 Å². The second-order valence-corrected chi connectivity index (χ2v) is 8.97. The highest BCUT2D eigenvalue weighted by atomic mass is 35.5. The number of carbonyl (C=O) groups excluding carboxylic acids is 1. The molecule has 0 aliphatic heterocycles. The van der Waals surface area contributed by atoms with Crippen LogP contribution in [0.4, 0.5) is 16.4 Å². The van der Waals surface area contributed by atoms with Crippen LogP contribution in [0.1, 0.15) is 26.7 Å². The maximum Gasteiger partial charge on any atom is 0.356 e. The van der Waals surface area contributed by atoms with E-state index in [0.717, 1.165) is 12.1 Å². The maximum atomic E-state index is 12.2. The first-order valence-electron chi connectivity index (χ1n) is 9.52. The van der Waals surface area contributed by atoms with E-state index in [1.54, 1.807) is 4.72 Å². The van der Waals surface area contributed by atoms with Gasteiger partial charge in [0.1, 0.15) is 15.9 Å². The van der Waals surface area contributed by atoms with Crippen molar-refractivity contribution in [3.05, 3.63) is 57.6 Å². The highest BCUT2D eigenvalue weighted by Crippen LogP contribution is 2.24. The zero-order chi connectivity index (χ0) is 27.9. The number of carboxylic acids is 2. The average Bonchev–Trinajstić information content (AvgIpc) is 2.80. The molecule has 18 heteroatoms. The molecule has 0 spiro atoms. The molecule has 3 aromatic rings. The summed E-state index contributed by atoms with van der Waals surface area (Å²) in [4.78, 5) is 47.8. The van der Waals surface area contributed by atoms with E-state index in [9.17, 15) is 22.8 Å². The summed E-state index contributed by atoms with van der Waals surface area (Å²) >= 11 is 11.0. The number of amides is 2. The van der Waals surface area contributed by atoms with Crippen molar-refractivity contribution >= 4 is 62.8 Å². The van der Waals surface area contributed by atoms with Crippen LogP contribution in [0.3, 0.4) is 0 Å². The summed E-state index contributed by atoms with van der Waals surface area (Å²) in [6.07, 6.45) is 0. The standard InChI is InChI=1S/C13H13N5O6S.C6H4Cl2N2O2/c1-7-14-11(17-13(15-7)24-2)16-12(21)18-25(22,23)9-6-4-3-5-8(9)10(19)20;7-3-1-2(9)4(8)5(10-3)6(11)12/h3-6H,1-2H3,(H,19,20)(H2,14,15,16,17,18,21);1H,(H2,9,10)(H,11,12). The fourth-order valence-corrected chi connectivity index (χ4v) is 3.93. The number of nitrogens with two attached hydrogens (primary N) is 1. The number of hydrogen-bond donors (Lipinski definition) is 5. The van der Waals surface area contributed by atoms with E-state index < -0.39 is 38.5 Å². The van der Waals surface area contributed by atoms with Gasteiger partial charge in [-0.1, -0.05) is 35.3 Å². The number of rotatable bonds is 6. The normalized spacial score (nSPS) is 10.5. The number of carbonyl (C=O) groups is 3. The molecule has 15 nitrogen and oxygen atoms in total. The molecule has 6 N–H and O–H groups in total. The van der Waals surface area contributed by atoms with Crippen molar-refractivity contribution in [1.29, 1.82) is 0 Å². The molecule has 0 radical (unpaired) electrons. The van der Waals surface area contributed by atoms with Crippen LogP contribution in [0.2, 0.25) is 10.2 Å². The van der Waals surface area contributed by atoms with Gasteiger partial charge in [0.25, 0.3) is 10.0 Å². The lowest BCUT2D eigenvalue weighted by Gasteiger charge is -2.10. The number of pyridine rings is 1. The summed E-state index contributed by atoms with van der Waals surface area (Å²) in [6.45, 7) is 1.52. The van der Waals surface area contributed by atoms with Gasteiger partial charge in [-0.3, -0.25) is 5.32 Å². The number of sulfonamides is 1. The molecule has 0 unspecified atom stereocenters. The zero-order valence-corrected chi connectivity index (χ0v) is 21.1. The minimum Gasteiger partial charge on any atom is -0.478 e. The number of aromatic nitrogens is 4. The quantitative estimate of drug-likeness (QED) is 0.265. The third kappa shape index (κ3) is 7.86. The molecular weight excluding hydrogens is 557 g/mol. The Balaban J connectivity index is 0.000000335. The molecule has 0 saturated carbocycles. The maximum absolute atomic E-state index is 12.2. The van der Waals surface area contributed by atoms with E-state index in [-0.39, 0.29) is 39.3 Å². The van der Waals surface area contributed by atoms with E-state index >= 15 is 0 Å². The molecule has 2 aromatic heterocycles. The number of benzene rings is 1. The number of nitrogen functional groups attached to an aromatic ring is 1. The van der Waals surface area contributed by atoms with Crippen molar-refractivity contribution in [2.75, 3.05) is 18.2 Å². The third-order valence-electron chi connectivity index (χ3n) is 3.93. The molecule has 196 valence electrons. The minimum atomic E-state index is -4.43. The Morgan fingerprint density at radius 3 is 2.27 bits per heavy atom. The number of nitrogens with zero attached hydrogens (tertiary/aromatic N) is 4. The lowest BCUT2D eigenvalue weighted by Crippen LogP contribution is -2.35. The average molecular weight is 574 g/mol. The van der Waals surface area contributed by atoms with E-state index in [1.165, 1.54) is 32.2 Å². The van der Waals surface area contributed by atoms with Crippen LogP contribution < -0.4 is 20.5 Å². The Morgan fingerprint density at radius 2 is 1.68 bits per heavy atom. The van der Waals surface area contributed by atoms with Crippen molar-refractivity contribution in [1.82, 2.24) is 24.7 Å². The Kier molecular flexibility index (Phi) is 9.48. The fourth-order valence-electron chi connectivity index (χ4n) is 2.44. The Morgan fingerprint density at radius 1 is 1.03 bits per heavy atom. The summed E-state index contributed by atoms with van der Waals surface area (Å²) in [6, 6.07) is 4.91. The lowest BCUT2D eigenvalue weighted by molar-refractivity contribution is 0.0681. The zero-order valence-electron chi connectivity index (χ0n) is 18.8. The van der Waals surface area contributed by atoms with E-state index in [1.807, 2.05) is 0 Å². The molecule has 2 heterocycles. The van der Waals surface area contributed by atoms with E-state index in [4.69, 9.17) is 43.9 Å². The Labute approximate surface area is 218 Å². The molecular formula is C19H17Cl2N7O8S. The first kappa shape index (κ1) is 29.0. The first-order valence-corrected chi connectivity index (χ1v) is 11.8. The molecule has 0 bridgehead atoms. The van der Waals surface area contributed by atoms with Crippen molar-refractivity contribution in [2.24, 2.45) is 0 Å². The van der Waals surface area contributed by atoms with Gasteiger partial charge in [0.15, 0.2) is 5.69 Å². The number of hydrogen-bond acceptors (Lipinski definition) is 11. The van der Waals surface area contributed by atoms with Gasteiger partial charge < -0.3 is 20.7 Å². The number of aromatic carboxylic acids is 2. The van der Waals surface area contributed by atoms with Gasteiger partial charge in [0.05, 0.1) is 23.4 Å². The monoisotopic (exact) mass is 573 g/mol. The number of urea groups is 1. The lowest BCUT2D eigenvalue weighted by atomic mass is 10.2. The van der Waals surface area contributed by atoms with Crippen LogP contribution >= 0.6 is 23.2 Å². The van der Waals surface area contributed by atoms with Crippen LogP contribution in [0.25, 0.3) is 0 Å². The molecule has 1 aromatic carbocycles. The largest absolute Gasteiger partial charge is 0.478 e. The second-order valence-electron chi connectivity index (χ2n) is 6.56. The molecule has 0 fully saturated rings. The van der Waals surface area contributed by atoms with Crippen LogP contribution in [-0.4, -0.2) is 63.6 Å². The minimum absolute atomic E-state index is 0.00861. The Bertz CT molecular complexity index is 1470. The van der Waals surface area contributed by atoms with Gasteiger partial charge in [-0.2, -0.15) is 15.0 Å². The van der Waals surface area contributed by atoms with Gasteiger partial charge in [-0.25, -0.2) is 32.5 Å². The number of methoxy groups -OCH3 is 1. The Hall–Kier alpha value is -4.28. The summed E-state index contributed by atoms with van der Waals surface area (Å²) in [5.74, 6) is -2.70.